The van der Waals surface area contributed by atoms with E-state index in [1.165, 1.54) is 6.42 Å². The summed E-state index contributed by atoms with van der Waals surface area (Å²) in [5, 5.41) is 7.44. The van der Waals surface area contributed by atoms with E-state index in [9.17, 15) is 9.59 Å². The van der Waals surface area contributed by atoms with Crippen molar-refractivity contribution in [3.63, 3.8) is 0 Å². The van der Waals surface area contributed by atoms with Crippen molar-refractivity contribution >= 4 is 17.6 Å². The maximum Gasteiger partial charge on any atom is 0.274 e. The van der Waals surface area contributed by atoms with Crippen LogP contribution in [-0.2, 0) is 4.79 Å². The molecule has 1 saturated heterocycles. The number of anilines is 1. The highest BCUT2D eigenvalue weighted by molar-refractivity contribution is 5.97. The molecule has 2 amide bonds. The van der Waals surface area contributed by atoms with Gasteiger partial charge in [0, 0.05) is 25.1 Å². The molecule has 1 aliphatic heterocycles. The smallest absolute Gasteiger partial charge is 0.274 e. The van der Waals surface area contributed by atoms with Crippen LogP contribution < -0.4 is 5.32 Å². The van der Waals surface area contributed by atoms with Crippen molar-refractivity contribution in [2.75, 3.05) is 18.4 Å². The zero-order valence-corrected chi connectivity index (χ0v) is 14.1. The molecule has 6 nitrogen and oxygen atoms in total. The Balaban J connectivity index is 1.64. The second kappa shape index (κ2) is 6.70. The molecule has 0 atom stereocenters. The lowest BCUT2D eigenvalue weighted by Gasteiger charge is -2.25. The molecule has 1 aromatic heterocycles. The average molecular weight is 338 g/mol. The zero-order chi connectivity index (χ0) is 17.2. The van der Waals surface area contributed by atoms with Crippen LogP contribution in [-0.4, -0.2) is 39.6 Å². The lowest BCUT2D eigenvalue weighted by atomic mass is 10.1. The predicted octanol–water partition coefficient (Wildman–Crippen LogP) is 2.85. The Morgan fingerprint density at radius 1 is 1.04 bits per heavy atom. The highest BCUT2D eigenvalue weighted by atomic mass is 16.2. The number of hydrogen-bond donors (Lipinski definition) is 1. The van der Waals surface area contributed by atoms with E-state index in [0.29, 0.717) is 11.5 Å². The number of amides is 2. The van der Waals surface area contributed by atoms with E-state index in [1.807, 2.05) is 35.2 Å². The maximum absolute atomic E-state index is 12.8. The third kappa shape index (κ3) is 3.43. The minimum Gasteiger partial charge on any atom is -0.337 e. The molecule has 4 rings (SSSR count). The molecule has 1 N–H and O–H groups in total. The second-order valence-electron chi connectivity index (χ2n) is 6.78. The van der Waals surface area contributed by atoms with Crippen LogP contribution in [0.2, 0.25) is 0 Å². The van der Waals surface area contributed by atoms with Crippen molar-refractivity contribution in [3.8, 4) is 5.69 Å². The summed E-state index contributed by atoms with van der Waals surface area (Å²) < 4.78 is 1.65. The van der Waals surface area contributed by atoms with Gasteiger partial charge in [0.2, 0.25) is 5.91 Å². The van der Waals surface area contributed by atoms with Gasteiger partial charge in [-0.2, -0.15) is 5.10 Å². The standard InChI is InChI=1S/C19H22N4O2/c24-18(14-9-10-14)20-17-13-16(19(25)22-11-5-2-6-12-22)21-23(17)15-7-3-1-4-8-15/h1,3-4,7-8,13-14H,2,5-6,9-12H2,(H,20,24). The molecule has 0 unspecified atom stereocenters. The Kier molecular flexibility index (Phi) is 4.26. The van der Waals surface area contributed by atoms with Crippen LogP contribution in [0.1, 0.15) is 42.6 Å². The van der Waals surface area contributed by atoms with Crippen molar-refractivity contribution in [2.24, 2.45) is 5.92 Å². The van der Waals surface area contributed by atoms with Crippen LogP contribution in [0.15, 0.2) is 36.4 Å². The van der Waals surface area contributed by atoms with Crippen LogP contribution in [0.5, 0.6) is 0 Å². The summed E-state index contributed by atoms with van der Waals surface area (Å²) in [6, 6.07) is 11.3. The lowest BCUT2D eigenvalue weighted by Crippen LogP contribution is -2.35. The van der Waals surface area contributed by atoms with Gasteiger partial charge in [-0.3, -0.25) is 9.59 Å². The molecule has 1 aliphatic carbocycles. The fraction of sp³-hybridized carbons (Fsp3) is 0.421. The van der Waals surface area contributed by atoms with Gasteiger partial charge in [0.15, 0.2) is 5.69 Å². The first-order valence-electron chi connectivity index (χ1n) is 8.98. The van der Waals surface area contributed by atoms with Gasteiger partial charge < -0.3 is 10.2 Å². The quantitative estimate of drug-likeness (QED) is 0.932. The van der Waals surface area contributed by atoms with E-state index in [2.05, 4.69) is 10.4 Å². The Morgan fingerprint density at radius 2 is 1.76 bits per heavy atom. The van der Waals surface area contributed by atoms with Crippen LogP contribution >= 0.6 is 0 Å². The molecular weight excluding hydrogens is 316 g/mol. The molecule has 1 aromatic carbocycles. The van der Waals surface area contributed by atoms with Crippen molar-refractivity contribution < 1.29 is 9.59 Å². The third-order valence-corrected chi connectivity index (χ3v) is 4.77. The molecule has 2 aliphatic rings. The minimum atomic E-state index is -0.0590. The Labute approximate surface area is 146 Å². The number of rotatable bonds is 4. The van der Waals surface area contributed by atoms with Crippen LogP contribution in [0.4, 0.5) is 5.82 Å². The summed E-state index contributed by atoms with van der Waals surface area (Å²) in [6.07, 6.45) is 5.12. The first-order valence-corrected chi connectivity index (χ1v) is 8.98. The average Bonchev–Trinajstić information content (AvgIpc) is 3.44. The summed E-state index contributed by atoms with van der Waals surface area (Å²) in [4.78, 5) is 26.8. The highest BCUT2D eigenvalue weighted by Crippen LogP contribution is 2.30. The Bertz CT molecular complexity index is 774. The second-order valence-corrected chi connectivity index (χ2v) is 6.78. The van der Waals surface area contributed by atoms with Crippen molar-refractivity contribution in [2.45, 2.75) is 32.1 Å². The molecule has 0 radical (unpaired) electrons. The maximum atomic E-state index is 12.8. The largest absolute Gasteiger partial charge is 0.337 e. The van der Waals surface area contributed by atoms with Gasteiger partial charge in [-0.05, 0) is 44.2 Å². The zero-order valence-electron chi connectivity index (χ0n) is 14.1. The van der Waals surface area contributed by atoms with E-state index >= 15 is 0 Å². The number of piperidine rings is 1. The number of benzene rings is 1. The summed E-state index contributed by atoms with van der Waals surface area (Å²) in [5.41, 5.74) is 1.21. The van der Waals surface area contributed by atoms with Gasteiger partial charge >= 0.3 is 0 Å². The summed E-state index contributed by atoms with van der Waals surface area (Å²) >= 11 is 0. The number of para-hydroxylation sites is 1. The number of nitrogens with zero attached hydrogens (tertiary/aromatic N) is 3. The third-order valence-electron chi connectivity index (χ3n) is 4.77. The van der Waals surface area contributed by atoms with E-state index < -0.39 is 0 Å². The van der Waals surface area contributed by atoms with Gasteiger partial charge in [0.1, 0.15) is 5.82 Å². The van der Waals surface area contributed by atoms with Gasteiger partial charge in [-0.1, -0.05) is 18.2 Å². The van der Waals surface area contributed by atoms with Crippen LogP contribution in [0.25, 0.3) is 5.69 Å². The fourth-order valence-corrected chi connectivity index (χ4v) is 3.17. The number of nitrogens with one attached hydrogen (secondary N) is 1. The topological polar surface area (TPSA) is 67.2 Å². The molecule has 6 heteroatoms. The number of hydrogen-bond acceptors (Lipinski definition) is 3. The van der Waals surface area contributed by atoms with E-state index in [-0.39, 0.29) is 17.7 Å². The van der Waals surface area contributed by atoms with E-state index in [0.717, 1.165) is 44.5 Å². The molecule has 1 saturated carbocycles. The van der Waals surface area contributed by atoms with E-state index in [4.69, 9.17) is 0 Å². The first-order chi connectivity index (χ1) is 12.2. The first kappa shape index (κ1) is 15.9. The molecule has 2 aromatic rings. The number of carbonyl (C=O) groups excluding carboxylic acids is 2. The molecular formula is C19H22N4O2. The summed E-state index contributed by atoms with van der Waals surface area (Å²) in [7, 11) is 0. The van der Waals surface area contributed by atoms with E-state index in [1.54, 1.807) is 10.7 Å². The molecule has 25 heavy (non-hydrogen) atoms. The normalized spacial score (nSPS) is 17.4. The van der Waals surface area contributed by atoms with Crippen molar-refractivity contribution in [1.82, 2.24) is 14.7 Å². The van der Waals surface area contributed by atoms with Crippen molar-refractivity contribution in [1.29, 1.82) is 0 Å². The Hall–Kier alpha value is -2.63. The molecule has 2 fully saturated rings. The Morgan fingerprint density at radius 3 is 2.44 bits per heavy atom. The van der Waals surface area contributed by atoms with Crippen molar-refractivity contribution in [3.05, 3.63) is 42.1 Å². The van der Waals surface area contributed by atoms with Gasteiger partial charge in [0.05, 0.1) is 5.69 Å². The minimum absolute atomic E-state index is 0.00838. The fourth-order valence-electron chi connectivity index (χ4n) is 3.17. The van der Waals surface area contributed by atoms with Gasteiger partial charge in [-0.15, -0.1) is 0 Å². The van der Waals surface area contributed by atoms with Gasteiger partial charge in [-0.25, -0.2) is 4.68 Å². The lowest BCUT2D eigenvalue weighted by molar-refractivity contribution is -0.117. The molecule has 0 spiro atoms. The SMILES string of the molecule is O=C(Nc1cc(C(=O)N2CCCCC2)nn1-c1ccccc1)C1CC1. The highest BCUT2D eigenvalue weighted by Gasteiger charge is 2.31. The molecule has 2 heterocycles. The number of likely N-dealkylation sites (tertiary alicyclic amines) is 1. The summed E-state index contributed by atoms with van der Waals surface area (Å²) in [5.74, 6) is 0.606. The number of carbonyl (C=O) groups is 2. The monoisotopic (exact) mass is 338 g/mol. The number of aromatic nitrogens is 2. The van der Waals surface area contributed by atoms with Crippen LogP contribution in [0, 0.1) is 5.92 Å². The molecule has 0 bridgehead atoms. The van der Waals surface area contributed by atoms with Crippen LogP contribution in [0.3, 0.4) is 0 Å². The molecule has 130 valence electrons. The summed E-state index contributed by atoms with van der Waals surface area (Å²) in [6.45, 7) is 1.56. The predicted molar refractivity (Wildman–Crippen MR) is 94.7 cm³/mol. The van der Waals surface area contributed by atoms with Gasteiger partial charge in [0.25, 0.3) is 5.91 Å².